The molecule has 0 radical (unpaired) electrons. The Bertz CT molecular complexity index is 753. The third kappa shape index (κ3) is 5.28. The molecule has 0 saturated heterocycles. The Balaban J connectivity index is 1.98. The molecular formula is C17H17BrN2O3S. The number of nitrogens with one attached hydrogen (secondary N) is 1. The number of primary amides is 1. The van der Waals surface area contributed by atoms with Crippen LogP contribution in [-0.2, 0) is 15.6 Å². The average molecular weight is 409 g/mol. The number of nitrogens with two attached hydrogens (primary N) is 1. The Morgan fingerprint density at radius 3 is 2.46 bits per heavy atom. The van der Waals surface area contributed by atoms with Crippen LogP contribution in [0.4, 0.5) is 0 Å². The van der Waals surface area contributed by atoms with E-state index in [2.05, 4.69) is 21.2 Å². The summed E-state index contributed by atoms with van der Waals surface area (Å²) in [5.74, 6) is -0.815. The summed E-state index contributed by atoms with van der Waals surface area (Å²) in [6.07, 6.45) is 0.205. The molecule has 0 heterocycles. The highest BCUT2D eigenvalue weighted by Crippen LogP contribution is 2.12. The number of halogens is 1. The molecule has 0 aliphatic rings. The number of hydrogen-bond donors (Lipinski definition) is 2. The lowest BCUT2D eigenvalue weighted by atomic mass is 10.1. The largest absolute Gasteiger partial charge is 0.368 e. The Morgan fingerprint density at radius 1 is 1.12 bits per heavy atom. The van der Waals surface area contributed by atoms with Gasteiger partial charge in [-0.05, 0) is 36.8 Å². The van der Waals surface area contributed by atoms with Gasteiger partial charge in [0, 0.05) is 20.7 Å². The first kappa shape index (κ1) is 18.4. The van der Waals surface area contributed by atoms with E-state index in [1.54, 1.807) is 48.5 Å². The van der Waals surface area contributed by atoms with Crippen LogP contribution in [0.15, 0.2) is 64.0 Å². The van der Waals surface area contributed by atoms with Crippen LogP contribution in [0.3, 0.4) is 0 Å². The molecule has 3 N–H and O–H groups in total. The van der Waals surface area contributed by atoms with Gasteiger partial charge in [0.15, 0.2) is 0 Å². The van der Waals surface area contributed by atoms with Crippen molar-refractivity contribution in [2.45, 2.75) is 17.4 Å². The van der Waals surface area contributed by atoms with Crippen LogP contribution in [0.2, 0.25) is 0 Å². The highest BCUT2D eigenvalue weighted by molar-refractivity contribution is 9.10. The molecule has 0 fully saturated rings. The molecule has 2 atom stereocenters. The first-order chi connectivity index (χ1) is 11.5. The maximum Gasteiger partial charge on any atom is 0.251 e. The van der Waals surface area contributed by atoms with E-state index in [9.17, 15) is 13.8 Å². The number of carbonyl (C=O) groups excluding carboxylic acids is 2. The van der Waals surface area contributed by atoms with Gasteiger partial charge in [-0.15, -0.1) is 0 Å². The molecule has 0 aliphatic heterocycles. The summed E-state index contributed by atoms with van der Waals surface area (Å²) >= 11 is 3.29. The average Bonchev–Trinajstić information content (AvgIpc) is 2.58. The van der Waals surface area contributed by atoms with Gasteiger partial charge in [0.1, 0.15) is 6.04 Å². The third-order valence-electron chi connectivity index (χ3n) is 3.33. The summed E-state index contributed by atoms with van der Waals surface area (Å²) in [5.41, 5.74) is 5.77. The van der Waals surface area contributed by atoms with Crippen molar-refractivity contribution in [3.8, 4) is 0 Å². The molecule has 0 spiro atoms. The summed E-state index contributed by atoms with van der Waals surface area (Å²) < 4.78 is 13.0. The Hall–Kier alpha value is -1.99. The fraction of sp³-hybridized carbons (Fsp3) is 0.176. The zero-order valence-corrected chi connectivity index (χ0v) is 15.2. The first-order valence-electron chi connectivity index (χ1n) is 7.26. The molecule has 0 bridgehead atoms. The number of hydrogen-bond acceptors (Lipinski definition) is 3. The minimum absolute atomic E-state index is 0.205. The lowest BCUT2D eigenvalue weighted by molar-refractivity contribution is -0.119. The van der Waals surface area contributed by atoms with Crippen LogP contribution in [0.25, 0.3) is 0 Å². The maximum atomic E-state index is 12.2. The van der Waals surface area contributed by atoms with Crippen LogP contribution < -0.4 is 11.1 Å². The normalized spacial score (nSPS) is 13.0. The molecule has 0 aromatic heterocycles. The standard InChI is InChI=1S/C17H17BrN2O3S/c18-13-6-4-5-12(11-13)17(22)20-15(16(19)21)9-10-24(23)14-7-2-1-3-8-14/h1-8,11,15H,9-10H2,(H2,19,21)(H,20,22)/t15-,24+/m0/s1. The van der Waals surface area contributed by atoms with Crippen molar-refractivity contribution in [2.24, 2.45) is 5.73 Å². The summed E-state index contributed by atoms with van der Waals surface area (Å²) in [6.45, 7) is 0. The van der Waals surface area contributed by atoms with Crippen LogP contribution in [-0.4, -0.2) is 27.8 Å². The Labute approximate surface area is 151 Å². The fourth-order valence-electron chi connectivity index (χ4n) is 2.07. The van der Waals surface area contributed by atoms with Crippen molar-refractivity contribution in [1.29, 1.82) is 0 Å². The van der Waals surface area contributed by atoms with E-state index in [1.165, 1.54) is 0 Å². The lowest BCUT2D eigenvalue weighted by Gasteiger charge is -2.15. The van der Waals surface area contributed by atoms with Gasteiger partial charge in [0.25, 0.3) is 5.91 Å². The topological polar surface area (TPSA) is 89.3 Å². The van der Waals surface area contributed by atoms with Gasteiger partial charge in [0.2, 0.25) is 5.91 Å². The Morgan fingerprint density at radius 2 is 1.83 bits per heavy atom. The lowest BCUT2D eigenvalue weighted by Crippen LogP contribution is -2.45. The molecule has 0 unspecified atom stereocenters. The molecule has 7 heteroatoms. The van der Waals surface area contributed by atoms with Gasteiger partial charge >= 0.3 is 0 Å². The number of benzene rings is 2. The number of carbonyl (C=O) groups is 2. The predicted octanol–water partition coefficient (Wildman–Crippen LogP) is 2.23. The van der Waals surface area contributed by atoms with Crippen LogP contribution >= 0.6 is 15.9 Å². The van der Waals surface area contributed by atoms with Crippen LogP contribution in [0.5, 0.6) is 0 Å². The van der Waals surface area contributed by atoms with Gasteiger partial charge in [-0.25, -0.2) is 0 Å². The second-order valence-corrected chi connectivity index (χ2v) is 7.58. The smallest absolute Gasteiger partial charge is 0.251 e. The maximum absolute atomic E-state index is 12.2. The van der Waals surface area contributed by atoms with Gasteiger partial charge in [0.05, 0.1) is 10.8 Å². The van der Waals surface area contributed by atoms with Crippen molar-refractivity contribution in [3.05, 3.63) is 64.6 Å². The van der Waals surface area contributed by atoms with E-state index in [0.29, 0.717) is 10.5 Å². The highest BCUT2D eigenvalue weighted by Gasteiger charge is 2.20. The molecule has 5 nitrogen and oxygen atoms in total. The summed E-state index contributed by atoms with van der Waals surface area (Å²) in [5, 5.41) is 2.60. The zero-order chi connectivity index (χ0) is 17.5. The van der Waals surface area contributed by atoms with Crippen LogP contribution in [0, 0.1) is 0 Å². The molecular weight excluding hydrogens is 392 g/mol. The number of amides is 2. The molecule has 2 aromatic carbocycles. The van der Waals surface area contributed by atoms with Gasteiger partial charge in [-0.3, -0.25) is 13.8 Å². The monoisotopic (exact) mass is 408 g/mol. The zero-order valence-electron chi connectivity index (χ0n) is 12.8. The molecule has 24 heavy (non-hydrogen) atoms. The van der Waals surface area contributed by atoms with Gasteiger partial charge < -0.3 is 11.1 Å². The van der Waals surface area contributed by atoms with Crippen molar-refractivity contribution < 1.29 is 13.8 Å². The summed E-state index contributed by atoms with van der Waals surface area (Å²) in [4.78, 5) is 24.5. The molecule has 0 saturated carbocycles. The first-order valence-corrected chi connectivity index (χ1v) is 9.37. The molecule has 2 aromatic rings. The van der Waals surface area contributed by atoms with E-state index < -0.39 is 28.7 Å². The van der Waals surface area contributed by atoms with Gasteiger partial charge in [-0.2, -0.15) is 0 Å². The van der Waals surface area contributed by atoms with Crippen molar-refractivity contribution in [1.82, 2.24) is 5.32 Å². The third-order valence-corrected chi connectivity index (χ3v) is 5.23. The van der Waals surface area contributed by atoms with Gasteiger partial charge in [-0.1, -0.05) is 40.2 Å². The van der Waals surface area contributed by atoms with E-state index in [0.717, 1.165) is 4.47 Å². The minimum atomic E-state index is -1.25. The highest BCUT2D eigenvalue weighted by atomic mass is 79.9. The minimum Gasteiger partial charge on any atom is -0.368 e. The second-order valence-electron chi connectivity index (χ2n) is 5.09. The van der Waals surface area contributed by atoms with E-state index >= 15 is 0 Å². The van der Waals surface area contributed by atoms with Crippen molar-refractivity contribution in [3.63, 3.8) is 0 Å². The molecule has 2 amide bonds. The molecule has 0 aliphatic carbocycles. The van der Waals surface area contributed by atoms with E-state index in [-0.39, 0.29) is 12.2 Å². The summed E-state index contributed by atoms with van der Waals surface area (Å²) in [7, 11) is -1.25. The Kier molecular flexibility index (Phi) is 6.69. The number of rotatable bonds is 7. The quantitative estimate of drug-likeness (QED) is 0.735. The van der Waals surface area contributed by atoms with Crippen LogP contribution in [0.1, 0.15) is 16.8 Å². The van der Waals surface area contributed by atoms with E-state index in [4.69, 9.17) is 5.73 Å². The predicted molar refractivity (Wildman–Crippen MR) is 96.9 cm³/mol. The van der Waals surface area contributed by atoms with Crippen molar-refractivity contribution in [2.75, 3.05) is 5.75 Å². The molecule has 126 valence electrons. The molecule has 2 rings (SSSR count). The van der Waals surface area contributed by atoms with E-state index in [1.807, 2.05) is 6.07 Å². The fourth-order valence-corrected chi connectivity index (χ4v) is 3.62. The SMILES string of the molecule is NC(=O)[C@H](CC[S@@](=O)c1ccccc1)NC(=O)c1cccc(Br)c1. The second kappa shape index (κ2) is 8.75. The summed E-state index contributed by atoms with van der Waals surface area (Å²) in [6, 6.07) is 14.9. The van der Waals surface area contributed by atoms with Crippen molar-refractivity contribution >= 4 is 38.5 Å².